The van der Waals surface area contributed by atoms with Crippen molar-refractivity contribution in [3.05, 3.63) is 68.8 Å². The van der Waals surface area contributed by atoms with Crippen LogP contribution in [0.5, 0.6) is 17.2 Å². The Morgan fingerprint density at radius 3 is 2.11 bits per heavy atom. The van der Waals surface area contributed by atoms with E-state index in [2.05, 4.69) is 0 Å². The predicted octanol–water partition coefficient (Wildman–Crippen LogP) is 4.15. The van der Waals surface area contributed by atoms with E-state index in [1.54, 1.807) is 36.4 Å². The van der Waals surface area contributed by atoms with Crippen LogP contribution in [0, 0.1) is 10.1 Å². The van der Waals surface area contributed by atoms with Gasteiger partial charge in [0.2, 0.25) is 5.75 Å². The molecule has 0 bridgehead atoms. The molecule has 1 aliphatic rings. The molecule has 0 radical (unpaired) electrons. The van der Waals surface area contributed by atoms with Crippen molar-refractivity contribution in [2.24, 2.45) is 0 Å². The molecule has 144 valence electrons. The number of allylic oxidation sites excluding steroid dienone is 2. The number of phenols is 1. The molecule has 0 amide bonds. The summed E-state index contributed by atoms with van der Waals surface area (Å²) in [7, 11) is 2.87. The molecule has 0 spiro atoms. The molecule has 2 aromatic rings. The van der Waals surface area contributed by atoms with Crippen LogP contribution < -0.4 is 9.47 Å². The summed E-state index contributed by atoms with van der Waals surface area (Å²) in [5, 5.41) is 20.9. The second-order valence-electron chi connectivity index (χ2n) is 6.29. The lowest BCUT2D eigenvalue weighted by molar-refractivity contribution is -0.384. The number of benzene rings is 2. The Kier molecular flexibility index (Phi) is 5.44. The Hall–Kier alpha value is -3.61. The van der Waals surface area contributed by atoms with E-state index in [9.17, 15) is 20.0 Å². The summed E-state index contributed by atoms with van der Waals surface area (Å²) in [6.45, 7) is 0. The maximum atomic E-state index is 12.7. The fourth-order valence-corrected chi connectivity index (χ4v) is 3.11. The zero-order valence-electron chi connectivity index (χ0n) is 15.5. The number of aromatic hydroxyl groups is 1. The summed E-state index contributed by atoms with van der Waals surface area (Å²) >= 11 is 0. The SMILES string of the molecule is COc1cc(C=C2CCC(=Cc3cccc([N+](=O)[O-])c3)C2=O)cc(OC)c1O. The molecule has 7 nitrogen and oxygen atoms in total. The van der Waals surface area contributed by atoms with E-state index in [1.165, 1.54) is 26.4 Å². The highest BCUT2D eigenvalue weighted by atomic mass is 16.6. The summed E-state index contributed by atoms with van der Waals surface area (Å²) < 4.78 is 10.3. The average Bonchev–Trinajstić information content (AvgIpc) is 3.02. The van der Waals surface area contributed by atoms with Crippen LogP contribution in [0.3, 0.4) is 0 Å². The van der Waals surface area contributed by atoms with Crippen molar-refractivity contribution in [1.82, 2.24) is 0 Å². The second kappa shape index (κ2) is 7.96. The first kappa shape index (κ1) is 19.2. The van der Waals surface area contributed by atoms with Gasteiger partial charge in [0.25, 0.3) is 5.69 Å². The molecular weight excluding hydrogens is 362 g/mol. The van der Waals surface area contributed by atoms with Crippen molar-refractivity contribution >= 4 is 23.6 Å². The lowest BCUT2D eigenvalue weighted by atomic mass is 10.1. The highest BCUT2D eigenvalue weighted by Crippen LogP contribution is 2.38. The molecule has 0 aliphatic heterocycles. The number of hydrogen-bond donors (Lipinski definition) is 1. The number of rotatable bonds is 5. The molecule has 28 heavy (non-hydrogen) atoms. The number of ketones is 1. The quantitative estimate of drug-likeness (QED) is 0.475. The molecule has 0 aromatic heterocycles. The van der Waals surface area contributed by atoms with Crippen LogP contribution in [0.2, 0.25) is 0 Å². The van der Waals surface area contributed by atoms with Gasteiger partial charge in [0.05, 0.1) is 19.1 Å². The zero-order valence-corrected chi connectivity index (χ0v) is 15.5. The highest BCUT2D eigenvalue weighted by Gasteiger charge is 2.23. The first-order valence-electron chi connectivity index (χ1n) is 8.58. The third-order valence-electron chi connectivity index (χ3n) is 4.51. The van der Waals surface area contributed by atoms with Crippen LogP contribution in [0.1, 0.15) is 24.0 Å². The van der Waals surface area contributed by atoms with Gasteiger partial charge in [0, 0.05) is 23.3 Å². The maximum Gasteiger partial charge on any atom is 0.270 e. The van der Waals surface area contributed by atoms with E-state index < -0.39 is 4.92 Å². The number of ether oxygens (including phenoxy) is 2. The first-order chi connectivity index (χ1) is 13.4. The van der Waals surface area contributed by atoms with E-state index >= 15 is 0 Å². The lowest BCUT2D eigenvalue weighted by Crippen LogP contribution is -1.96. The van der Waals surface area contributed by atoms with Crippen LogP contribution in [0.4, 0.5) is 5.69 Å². The Bertz CT molecular complexity index is 981. The maximum absolute atomic E-state index is 12.7. The Labute approximate surface area is 161 Å². The minimum absolute atomic E-state index is 0.0150. The molecule has 3 rings (SSSR count). The molecular formula is C21H19NO6. The fraction of sp³-hybridized carbons (Fsp3) is 0.190. The molecule has 0 atom stereocenters. The van der Waals surface area contributed by atoms with Gasteiger partial charge < -0.3 is 14.6 Å². The molecule has 1 aliphatic carbocycles. The van der Waals surface area contributed by atoms with E-state index in [4.69, 9.17) is 9.47 Å². The van der Waals surface area contributed by atoms with Crippen molar-refractivity contribution in [1.29, 1.82) is 0 Å². The van der Waals surface area contributed by atoms with E-state index in [0.29, 0.717) is 35.1 Å². The number of hydrogen-bond acceptors (Lipinski definition) is 6. The summed E-state index contributed by atoms with van der Waals surface area (Å²) in [4.78, 5) is 23.2. The van der Waals surface area contributed by atoms with E-state index in [1.807, 2.05) is 0 Å². The number of carbonyl (C=O) groups excluding carboxylic acids is 1. The molecule has 0 heterocycles. The van der Waals surface area contributed by atoms with Gasteiger partial charge in [-0.15, -0.1) is 0 Å². The Balaban J connectivity index is 1.90. The van der Waals surface area contributed by atoms with Gasteiger partial charge in [-0.25, -0.2) is 0 Å². The van der Waals surface area contributed by atoms with Crippen LogP contribution in [0.15, 0.2) is 47.5 Å². The van der Waals surface area contributed by atoms with Gasteiger partial charge in [-0.2, -0.15) is 0 Å². The van der Waals surface area contributed by atoms with Gasteiger partial charge in [-0.1, -0.05) is 12.1 Å². The number of nitrogens with zero attached hydrogens (tertiary/aromatic N) is 1. The number of carbonyl (C=O) groups is 1. The first-order valence-corrected chi connectivity index (χ1v) is 8.58. The number of phenolic OH excluding ortho intramolecular Hbond substituents is 1. The lowest BCUT2D eigenvalue weighted by Gasteiger charge is -2.09. The Morgan fingerprint density at radius 2 is 1.57 bits per heavy atom. The fourth-order valence-electron chi connectivity index (χ4n) is 3.11. The van der Waals surface area contributed by atoms with Gasteiger partial charge >= 0.3 is 0 Å². The molecule has 1 N–H and O–H groups in total. The predicted molar refractivity (Wildman–Crippen MR) is 105 cm³/mol. The Morgan fingerprint density at radius 1 is 1.00 bits per heavy atom. The largest absolute Gasteiger partial charge is 0.502 e. The third kappa shape index (κ3) is 3.88. The second-order valence-corrected chi connectivity index (χ2v) is 6.29. The number of methoxy groups -OCH3 is 2. The number of Topliss-reactive ketones (excluding diaryl/α,β-unsaturated/α-hetero) is 1. The number of non-ortho nitro benzene ring substituents is 1. The highest BCUT2D eigenvalue weighted by molar-refractivity contribution is 6.15. The number of nitro groups is 1. The van der Waals surface area contributed by atoms with Gasteiger partial charge in [-0.3, -0.25) is 14.9 Å². The molecule has 1 fully saturated rings. The van der Waals surface area contributed by atoms with Crippen molar-refractivity contribution in [2.75, 3.05) is 14.2 Å². The zero-order chi connectivity index (χ0) is 20.3. The van der Waals surface area contributed by atoms with Crippen LogP contribution in [-0.4, -0.2) is 30.0 Å². The van der Waals surface area contributed by atoms with Crippen LogP contribution in [0.25, 0.3) is 12.2 Å². The van der Waals surface area contributed by atoms with Crippen molar-refractivity contribution in [3.8, 4) is 17.2 Å². The van der Waals surface area contributed by atoms with Crippen molar-refractivity contribution < 1.29 is 24.3 Å². The monoisotopic (exact) mass is 381 g/mol. The summed E-state index contributed by atoms with van der Waals surface area (Å²) in [6.07, 6.45) is 4.54. The van der Waals surface area contributed by atoms with Crippen LogP contribution in [-0.2, 0) is 4.79 Å². The molecule has 7 heteroatoms. The third-order valence-corrected chi connectivity index (χ3v) is 4.51. The molecule has 0 unspecified atom stereocenters. The smallest absolute Gasteiger partial charge is 0.270 e. The van der Waals surface area contributed by atoms with E-state index in [-0.39, 0.29) is 28.7 Å². The van der Waals surface area contributed by atoms with Crippen LogP contribution >= 0.6 is 0 Å². The summed E-state index contributed by atoms with van der Waals surface area (Å²) in [5.74, 6) is 0.307. The summed E-state index contributed by atoms with van der Waals surface area (Å²) in [6, 6.07) is 9.42. The standard InChI is InChI=1S/C21H19NO6/c1-27-18-11-14(12-19(28-2)21(18)24)9-16-7-6-15(20(16)23)8-13-4-3-5-17(10-13)22(25)26/h3-5,8-12,24H,6-7H2,1-2H3. The van der Waals surface area contributed by atoms with Crippen molar-refractivity contribution in [3.63, 3.8) is 0 Å². The van der Waals surface area contributed by atoms with Crippen molar-refractivity contribution in [2.45, 2.75) is 12.8 Å². The van der Waals surface area contributed by atoms with E-state index in [0.717, 1.165) is 0 Å². The minimum atomic E-state index is -0.463. The average molecular weight is 381 g/mol. The van der Waals surface area contributed by atoms with Gasteiger partial charge in [0.15, 0.2) is 17.3 Å². The molecule has 0 saturated heterocycles. The summed E-state index contributed by atoms with van der Waals surface area (Å²) in [5.41, 5.74) is 2.49. The minimum Gasteiger partial charge on any atom is -0.502 e. The molecule has 1 saturated carbocycles. The topological polar surface area (TPSA) is 98.9 Å². The number of nitro benzene ring substituents is 1. The van der Waals surface area contributed by atoms with Gasteiger partial charge in [0.1, 0.15) is 0 Å². The van der Waals surface area contributed by atoms with Gasteiger partial charge in [-0.05, 0) is 48.3 Å². The molecule has 2 aromatic carbocycles. The normalized spacial score (nSPS) is 16.6.